The van der Waals surface area contributed by atoms with E-state index in [9.17, 15) is 18.4 Å². The number of anilines is 1. The fourth-order valence-electron chi connectivity index (χ4n) is 3.49. The molecule has 0 atom stereocenters. The molecule has 0 saturated carbocycles. The monoisotopic (exact) mass is 539 g/mol. The Bertz CT molecular complexity index is 1160. The zero-order valence-electron chi connectivity index (χ0n) is 23.4. The van der Waals surface area contributed by atoms with Crippen molar-refractivity contribution >= 4 is 23.7 Å². The average molecular weight is 540 g/mol. The molecule has 0 spiro atoms. The predicted octanol–water partition coefficient (Wildman–Crippen LogP) is 5.35. The molecule has 0 aromatic heterocycles. The Morgan fingerprint density at radius 3 is 2.03 bits per heavy atom. The summed E-state index contributed by atoms with van der Waals surface area (Å²) in [5, 5.41) is 0. The molecule has 3 aromatic carbocycles. The van der Waals surface area contributed by atoms with Crippen LogP contribution in [0.2, 0.25) is 0 Å². The first-order valence-electron chi connectivity index (χ1n) is 12.7. The number of nitrogens with zero attached hydrogens (tertiary/aromatic N) is 2. The number of Topliss-reactive ketones (excluding diaryl/α,β-unsaturated/α-hetero) is 1. The largest absolute Gasteiger partial charge is 0.378 e. The minimum absolute atomic E-state index is 0.0547. The highest BCUT2D eigenvalue weighted by Gasteiger charge is 2.16. The molecule has 0 saturated heterocycles. The average Bonchev–Trinajstić information content (AvgIpc) is 2.90. The molecule has 2 N–H and O–H groups in total. The molecule has 0 radical (unpaired) electrons. The van der Waals surface area contributed by atoms with Gasteiger partial charge in [0.2, 0.25) is 0 Å². The highest BCUT2D eigenvalue weighted by molar-refractivity contribution is 6.23. The van der Waals surface area contributed by atoms with Gasteiger partial charge in [-0.3, -0.25) is 14.4 Å². The third-order valence-electron chi connectivity index (χ3n) is 5.47. The van der Waals surface area contributed by atoms with Gasteiger partial charge in [0, 0.05) is 51.4 Å². The number of benzene rings is 3. The van der Waals surface area contributed by atoms with Gasteiger partial charge >= 0.3 is 0 Å². The fraction of sp³-hybridized carbons (Fsp3) is 0.323. The van der Waals surface area contributed by atoms with E-state index < -0.39 is 17.4 Å². The molecule has 6 nitrogen and oxygen atoms in total. The molecule has 0 aliphatic rings. The van der Waals surface area contributed by atoms with E-state index in [2.05, 4.69) is 31.2 Å². The van der Waals surface area contributed by atoms with Gasteiger partial charge in [-0.15, -0.1) is 0 Å². The lowest BCUT2D eigenvalue weighted by Crippen LogP contribution is -2.32. The zero-order chi connectivity index (χ0) is 29.4. The summed E-state index contributed by atoms with van der Waals surface area (Å²) < 4.78 is 24.4. The molecule has 3 aromatic rings. The van der Waals surface area contributed by atoms with Crippen LogP contribution in [0.15, 0.2) is 66.7 Å². The van der Waals surface area contributed by atoms with Crippen LogP contribution in [0, 0.1) is 18.6 Å². The van der Waals surface area contributed by atoms with Gasteiger partial charge in [0.1, 0.15) is 11.6 Å². The number of hydrogen-bond donors (Lipinski definition) is 1. The van der Waals surface area contributed by atoms with Gasteiger partial charge in [-0.1, -0.05) is 37.3 Å². The van der Waals surface area contributed by atoms with E-state index in [1.807, 2.05) is 48.2 Å². The summed E-state index contributed by atoms with van der Waals surface area (Å²) in [7, 11) is 3.96. The number of aldehydes is 1. The number of rotatable bonds is 9. The molecular formula is C31H39F2N3O3. The first-order valence-corrected chi connectivity index (χ1v) is 12.7. The summed E-state index contributed by atoms with van der Waals surface area (Å²) in [4.78, 5) is 35.6. The van der Waals surface area contributed by atoms with Crippen LogP contribution in [0.5, 0.6) is 0 Å². The van der Waals surface area contributed by atoms with Crippen molar-refractivity contribution < 1.29 is 23.2 Å². The molecule has 0 fully saturated rings. The first-order chi connectivity index (χ1) is 18.5. The van der Waals surface area contributed by atoms with Crippen molar-refractivity contribution in [2.75, 3.05) is 32.1 Å². The van der Waals surface area contributed by atoms with Crippen LogP contribution in [0.25, 0.3) is 0 Å². The van der Waals surface area contributed by atoms with Gasteiger partial charge in [0.05, 0.1) is 0 Å². The maximum absolute atomic E-state index is 13.1. The van der Waals surface area contributed by atoms with Gasteiger partial charge in [0.25, 0.3) is 5.91 Å². The lowest BCUT2D eigenvalue weighted by atomic mass is 10.1. The van der Waals surface area contributed by atoms with E-state index in [4.69, 9.17) is 10.5 Å². The normalized spacial score (nSPS) is 9.85. The van der Waals surface area contributed by atoms with Crippen molar-refractivity contribution in [1.82, 2.24) is 4.90 Å². The first kappa shape index (κ1) is 33.1. The van der Waals surface area contributed by atoms with Crippen LogP contribution in [-0.4, -0.2) is 50.1 Å². The van der Waals surface area contributed by atoms with E-state index in [0.29, 0.717) is 25.2 Å². The van der Waals surface area contributed by atoms with Crippen LogP contribution in [0.4, 0.5) is 14.5 Å². The number of halogens is 2. The summed E-state index contributed by atoms with van der Waals surface area (Å²) in [6.45, 7) is 6.86. The summed E-state index contributed by atoms with van der Waals surface area (Å²) in [5.74, 6) is -1.41. The Morgan fingerprint density at radius 1 is 0.923 bits per heavy atom. The van der Waals surface area contributed by atoms with Crippen molar-refractivity contribution in [3.63, 3.8) is 0 Å². The van der Waals surface area contributed by atoms with Gasteiger partial charge in [-0.2, -0.15) is 0 Å². The number of hydrogen-bond acceptors (Lipinski definition) is 5. The number of ketones is 1. The minimum atomic E-state index is -0.521. The lowest BCUT2D eigenvalue weighted by molar-refractivity contribution is -0.128. The number of amides is 1. The number of nitrogens with two attached hydrogens (primary N) is 1. The summed E-state index contributed by atoms with van der Waals surface area (Å²) in [6.07, 6.45) is 2.07. The summed E-state index contributed by atoms with van der Waals surface area (Å²) in [6, 6.07) is 19.6. The standard InChI is InChI=1S/C21H29N3O.C7H6F2.C3H4O2/c1-4-17-8-5-9-18(14-17)16-24(13-7-12-22)21(25)19-10-6-11-20(15-19)23(2)3;1-5-2-6(8)4-7(9)3-5;1-3(5)2-4/h5-6,8-11,14-15H,4,7,12-13,16,22H2,1-3H3;2-4H,1H3;2H,1H3. The highest BCUT2D eigenvalue weighted by Crippen LogP contribution is 2.17. The second kappa shape index (κ2) is 17.6. The molecule has 3 rings (SSSR count). The predicted molar refractivity (Wildman–Crippen MR) is 153 cm³/mol. The van der Waals surface area contributed by atoms with E-state index in [1.54, 1.807) is 6.92 Å². The molecule has 0 bridgehead atoms. The van der Waals surface area contributed by atoms with Crippen molar-refractivity contribution in [2.24, 2.45) is 5.73 Å². The molecule has 0 heterocycles. The summed E-state index contributed by atoms with van der Waals surface area (Å²) in [5.41, 5.74) is 10.5. The van der Waals surface area contributed by atoms with Crippen LogP contribution in [0.1, 0.15) is 47.3 Å². The van der Waals surface area contributed by atoms with Crippen molar-refractivity contribution in [2.45, 2.75) is 40.2 Å². The Kier molecular flexibility index (Phi) is 14.9. The maximum Gasteiger partial charge on any atom is 0.254 e. The zero-order valence-corrected chi connectivity index (χ0v) is 23.4. The topological polar surface area (TPSA) is 83.7 Å². The molecule has 0 aliphatic heterocycles. The molecule has 39 heavy (non-hydrogen) atoms. The quantitative estimate of drug-likeness (QED) is 0.293. The number of aryl methyl sites for hydroxylation is 2. The van der Waals surface area contributed by atoms with Crippen molar-refractivity contribution in [1.29, 1.82) is 0 Å². The Labute approximate surface area is 230 Å². The fourth-order valence-corrected chi connectivity index (χ4v) is 3.49. The number of carbonyl (C=O) groups is 3. The third kappa shape index (κ3) is 12.9. The smallest absolute Gasteiger partial charge is 0.254 e. The van der Waals surface area contributed by atoms with Crippen LogP contribution >= 0.6 is 0 Å². The highest BCUT2D eigenvalue weighted by atomic mass is 19.1. The van der Waals surface area contributed by atoms with E-state index in [0.717, 1.165) is 35.7 Å². The Hall–Kier alpha value is -3.91. The van der Waals surface area contributed by atoms with E-state index in [1.165, 1.54) is 24.6 Å². The van der Waals surface area contributed by atoms with E-state index >= 15 is 0 Å². The van der Waals surface area contributed by atoms with Gasteiger partial charge in [-0.05, 0) is 73.3 Å². The van der Waals surface area contributed by atoms with Crippen molar-refractivity contribution in [3.8, 4) is 0 Å². The van der Waals surface area contributed by atoms with Crippen molar-refractivity contribution in [3.05, 3.63) is 101 Å². The van der Waals surface area contributed by atoms with Crippen LogP contribution < -0.4 is 10.6 Å². The maximum atomic E-state index is 13.1. The van der Waals surface area contributed by atoms with Gasteiger partial charge < -0.3 is 15.5 Å². The molecule has 1 amide bonds. The molecule has 8 heteroatoms. The third-order valence-corrected chi connectivity index (χ3v) is 5.47. The molecular weight excluding hydrogens is 500 g/mol. The second-order valence-electron chi connectivity index (χ2n) is 9.16. The van der Waals surface area contributed by atoms with Gasteiger partial charge in [-0.25, -0.2) is 8.78 Å². The Balaban J connectivity index is 0.000000444. The number of carbonyl (C=O) groups excluding carboxylic acids is 3. The SMILES string of the molecule is CC(=O)C=O.CCc1cccc(CN(CCCN)C(=O)c2cccc(N(C)C)c2)c1.Cc1cc(F)cc(F)c1. The molecule has 0 aliphatic carbocycles. The Morgan fingerprint density at radius 2 is 1.51 bits per heavy atom. The second-order valence-corrected chi connectivity index (χ2v) is 9.16. The summed E-state index contributed by atoms with van der Waals surface area (Å²) >= 11 is 0. The minimum Gasteiger partial charge on any atom is -0.378 e. The van der Waals surface area contributed by atoms with Gasteiger partial charge in [0.15, 0.2) is 12.1 Å². The van der Waals surface area contributed by atoms with Crippen LogP contribution in [-0.2, 0) is 22.6 Å². The molecule has 210 valence electrons. The lowest BCUT2D eigenvalue weighted by Gasteiger charge is -2.24. The molecule has 0 unspecified atom stereocenters. The van der Waals surface area contributed by atoms with Crippen LogP contribution in [0.3, 0.4) is 0 Å². The van der Waals surface area contributed by atoms with E-state index in [-0.39, 0.29) is 12.2 Å².